The summed E-state index contributed by atoms with van der Waals surface area (Å²) in [6, 6.07) is 7.88. The summed E-state index contributed by atoms with van der Waals surface area (Å²) in [4.78, 5) is 12.1. The molecule has 0 bridgehead atoms. The minimum atomic E-state index is -0.393. The Labute approximate surface area is 127 Å². The van der Waals surface area contributed by atoms with Crippen molar-refractivity contribution in [3.8, 4) is 5.75 Å². The molecule has 0 unspecified atom stereocenters. The van der Waals surface area contributed by atoms with E-state index in [0.29, 0.717) is 13.0 Å². The van der Waals surface area contributed by atoms with Gasteiger partial charge in [-0.15, -0.1) is 21.5 Å². The fraction of sp³-hybridized carbons (Fsp3) is 0.400. The lowest BCUT2D eigenvalue weighted by Gasteiger charge is -2.25. The van der Waals surface area contributed by atoms with Crippen LogP contribution < -0.4 is 10.1 Å². The second kappa shape index (κ2) is 6.22. The number of aromatic nitrogens is 2. The van der Waals surface area contributed by atoms with Crippen molar-refractivity contribution in [1.29, 1.82) is 0 Å². The minimum absolute atomic E-state index is 0.0502. The second-order valence-electron chi connectivity index (χ2n) is 5.01. The summed E-state index contributed by atoms with van der Waals surface area (Å²) < 4.78 is 5.76. The van der Waals surface area contributed by atoms with Crippen LogP contribution in [-0.2, 0) is 17.6 Å². The Kier molecular flexibility index (Phi) is 4.15. The van der Waals surface area contributed by atoms with Crippen LogP contribution >= 0.6 is 11.3 Å². The van der Waals surface area contributed by atoms with Gasteiger partial charge in [0.15, 0.2) is 6.10 Å². The molecule has 2 aromatic rings. The van der Waals surface area contributed by atoms with E-state index < -0.39 is 6.10 Å². The molecule has 0 saturated carbocycles. The number of rotatable bonds is 4. The predicted octanol–water partition coefficient (Wildman–Crippen LogP) is 1.90. The molecule has 0 aliphatic carbocycles. The number of nitrogens with one attached hydrogen (secondary N) is 1. The molecule has 3 rings (SSSR count). The van der Waals surface area contributed by atoms with Crippen molar-refractivity contribution in [1.82, 2.24) is 15.5 Å². The molecule has 1 N–H and O–H groups in total. The molecule has 2 heterocycles. The molecule has 0 fully saturated rings. The monoisotopic (exact) mass is 303 g/mol. The summed E-state index contributed by atoms with van der Waals surface area (Å²) in [6.45, 7) is 2.49. The number of carbonyl (C=O) groups is 1. The molecule has 1 aromatic heterocycles. The summed E-state index contributed by atoms with van der Waals surface area (Å²) in [5.74, 6) is 0.773. The van der Waals surface area contributed by atoms with Crippen molar-refractivity contribution >= 4 is 17.2 Å². The van der Waals surface area contributed by atoms with E-state index in [4.69, 9.17) is 4.74 Å². The number of aryl methyl sites for hydroxylation is 2. The summed E-state index contributed by atoms with van der Waals surface area (Å²) in [6.07, 6.45) is 1.92. The highest BCUT2D eigenvalue weighted by Gasteiger charge is 2.25. The molecule has 1 aromatic carbocycles. The van der Waals surface area contributed by atoms with Crippen molar-refractivity contribution in [3.63, 3.8) is 0 Å². The van der Waals surface area contributed by atoms with Gasteiger partial charge in [-0.3, -0.25) is 4.79 Å². The van der Waals surface area contributed by atoms with Gasteiger partial charge in [0.05, 0.1) is 0 Å². The average molecular weight is 303 g/mol. The highest BCUT2D eigenvalue weighted by Crippen LogP contribution is 2.26. The maximum Gasteiger partial charge on any atom is 0.261 e. The van der Waals surface area contributed by atoms with E-state index in [0.717, 1.165) is 28.6 Å². The SMILES string of the molecule is Cc1nnc(CCNC(=O)[C@@H]2CCc3ccccc3O2)s1. The first-order chi connectivity index (χ1) is 10.2. The van der Waals surface area contributed by atoms with Crippen molar-refractivity contribution in [3.05, 3.63) is 39.8 Å². The Morgan fingerprint density at radius 3 is 3.10 bits per heavy atom. The molecule has 5 nitrogen and oxygen atoms in total. The molecule has 6 heteroatoms. The summed E-state index contributed by atoms with van der Waals surface area (Å²) in [7, 11) is 0. The fourth-order valence-electron chi connectivity index (χ4n) is 2.35. The second-order valence-corrected chi connectivity index (χ2v) is 6.27. The number of nitrogens with zero attached hydrogens (tertiary/aromatic N) is 2. The standard InChI is InChI=1S/C15H17N3O2S/c1-10-17-18-14(21-10)8-9-16-15(19)13-7-6-11-4-2-3-5-12(11)20-13/h2-5,13H,6-9H2,1H3,(H,16,19)/t13-/m0/s1. The van der Waals surface area contributed by atoms with E-state index in [1.54, 1.807) is 11.3 Å². The third kappa shape index (κ3) is 3.39. The number of fused-ring (bicyclic) bond motifs is 1. The Balaban J connectivity index is 1.50. The highest BCUT2D eigenvalue weighted by atomic mass is 32.1. The lowest BCUT2D eigenvalue weighted by molar-refractivity contribution is -0.128. The van der Waals surface area contributed by atoms with E-state index in [1.807, 2.05) is 31.2 Å². The third-order valence-corrected chi connectivity index (χ3v) is 4.31. The van der Waals surface area contributed by atoms with E-state index in [-0.39, 0.29) is 5.91 Å². The Hall–Kier alpha value is -1.95. The van der Waals surface area contributed by atoms with Crippen molar-refractivity contribution in [2.24, 2.45) is 0 Å². The van der Waals surface area contributed by atoms with Crippen molar-refractivity contribution in [2.45, 2.75) is 32.3 Å². The van der Waals surface area contributed by atoms with Crippen LogP contribution in [-0.4, -0.2) is 28.8 Å². The van der Waals surface area contributed by atoms with E-state index in [1.165, 1.54) is 5.56 Å². The molecule has 110 valence electrons. The van der Waals surface area contributed by atoms with Crippen LogP contribution in [0.1, 0.15) is 22.0 Å². The molecular formula is C15H17N3O2S. The normalized spacial score (nSPS) is 16.9. The maximum absolute atomic E-state index is 12.1. The Morgan fingerprint density at radius 2 is 2.29 bits per heavy atom. The van der Waals surface area contributed by atoms with Crippen LogP contribution in [0.3, 0.4) is 0 Å². The first-order valence-electron chi connectivity index (χ1n) is 7.03. The van der Waals surface area contributed by atoms with Crippen LogP contribution in [0.4, 0.5) is 0 Å². The first kappa shape index (κ1) is 14.0. The zero-order valence-corrected chi connectivity index (χ0v) is 12.7. The zero-order chi connectivity index (χ0) is 14.7. The number of benzene rings is 1. The van der Waals surface area contributed by atoms with Crippen LogP contribution in [0.15, 0.2) is 24.3 Å². The lowest BCUT2D eigenvalue weighted by atomic mass is 10.0. The predicted molar refractivity (Wildman–Crippen MR) is 80.5 cm³/mol. The smallest absolute Gasteiger partial charge is 0.261 e. The Morgan fingerprint density at radius 1 is 1.43 bits per heavy atom. The summed E-state index contributed by atoms with van der Waals surface area (Å²) >= 11 is 1.56. The van der Waals surface area contributed by atoms with Gasteiger partial charge in [0.2, 0.25) is 0 Å². The van der Waals surface area contributed by atoms with Crippen LogP contribution in [0.5, 0.6) is 5.75 Å². The van der Waals surface area contributed by atoms with E-state index >= 15 is 0 Å². The van der Waals surface area contributed by atoms with Gasteiger partial charge < -0.3 is 10.1 Å². The number of hydrogen-bond acceptors (Lipinski definition) is 5. The quantitative estimate of drug-likeness (QED) is 0.937. The highest BCUT2D eigenvalue weighted by molar-refractivity contribution is 7.11. The van der Waals surface area contributed by atoms with Crippen LogP contribution in [0, 0.1) is 6.92 Å². The third-order valence-electron chi connectivity index (χ3n) is 3.42. The fourth-order valence-corrected chi connectivity index (χ4v) is 3.06. The molecule has 0 radical (unpaired) electrons. The number of carbonyl (C=O) groups excluding carboxylic acids is 1. The molecule has 1 aliphatic heterocycles. The maximum atomic E-state index is 12.1. The largest absolute Gasteiger partial charge is 0.480 e. The molecular weight excluding hydrogens is 286 g/mol. The summed E-state index contributed by atoms with van der Waals surface area (Å²) in [5.41, 5.74) is 1.17. The molecule has 0 spiro atoms. The van der Waals surface area contributed by atoms with Crippen molar-refractivity contribution < 1.29 is 9.53 Å². The minimum Gasteiger partial charge on any atom is -0.480 e. The number of hydrogen-bond donors (Lipinski definition) is 1. The zero-order valence-electron chi connectivity index (χ0n) is 11.8. The number of ether oxygens (including phenoxy) is 1. The molecule has 1 atom stereocenters. The van der Waals surface area contributed by atoms with Gasteiger partial charge in [0.25, 0.3) is 5.91 Å². The van der Waals surface area contributed by atoms with Gasteiger partial charge in [-0.2, -0.15) is 0 Å². The first-order valence-corrected chi connectivity index (χ1v) is 7.85. The average Bonchev–Trinajstić information content (AvgIpc) is 2.92. The van der Waals surface area contributed by atoms with Gasteiger partial charge >= 0.3 is 0 Å². The van der Waals surface area contributed by atoms with Gasteiger partial charge in [-0.1, -0.05) is 18.2 Å². The van der Waals surface area contributed by atoms with E-state index in [9.17, 15) is 4.79 Å². The van der Waals surface area contributed by atoms with Crippen molar-refractivity contribution in [2.75, 3.05) is 6.54 Å². The van der Waals surface area contributed by atoms with Crippen LogP contribution in [0.25, 0.3) is 0 Å². The Bertz CT molecular complexity index is 641. The molecule has 1 aliphatic rings. The van der Waals surface area contributed by atoms with Gasteiger partial charge in [0, 0.05) is 13.0 Å². The van der Waals surface area contributed by atoms with Gasteiger partial charge in [0.1, 0.15) is 15.8 Å². The van der Waals surface area contributed by atoms with Gasteiger partial charge in [-0.25, -0.2) is 0 Å². The lowest BCUT2D eigenvalue weighted by Crippen LogP contribution is -2.41. The van der Waals surface area contributed by atoms with Gasteiger partial charge in [-0.05, 0) is 31.4 Å². The van der Waals surface area contributed by atoms with E-state index in [2.05, 4.69) is 15.5 Å². The topological polar surface area (TPSA) is 64.1 Å². The molecule has 0 saturated heterocycles. The van der Waals surface area contributed by atoms with Crippen LogP contribution in [0.2, 0.25) is 0 Å². The molecule has 1 amide bonds. The number of para-hydroxylation sites is 1. The summed E-state index contributed by atoms with van der Waals surface area (Å²) in [5, 5.41) is 12.8. The number of amides is 1. The molecule has 21 heavy (non-hydrogen) atoms.